The smallest absolute Gasteiger partial charge is 0.303 e. The van der Waals surface area contributed by atoms with Gasteiger partial charge in [-0.3, -0.25) is 4.79 Å². The molecule has 0 spiro atoms. The molecule has 0 aliphatic heterocycles. The van der Waals surface area contributed by atoms with Gasteiger partial charge in [-0.1, -0.05) is 13.3 Å². The number of hydrogen-bond acceptors (Lipinski definition) is 2. The fourth-order valence-electron chi connectivity index (χ4n) is 1.94. The highest BCUT2D eigenvalue weighted by Gasteiger charge is 2.40. The SMILES string of the molecule is CCCC1(CNCCCC(=O)O)CC1. The number of carboxylic acid groups (broad SMARTS) is 1. The number of nitrogens with one attached hydrogen (secondary N) is 1. The van der Waals surface area contributed by atoms with Crippen LogP contribution in [0.2, 0.25) is 0 Å². The van der Waals surface area contributed by atoms with Crippen molar-refractivity contribution in [2.75, 3.05) is 13.1 Å². The molecule has 0 amide bonds. The molecule has 14 heavy (non-hydrogen) atoms. The molecule has 1 aliphatic carbocycles. The number of hydrogen-bond donors (Lipinski definition) is 2. The number of carbonyl (C=O) groups is 1. The van der Waals surface area contributed by atoms with Gasteiger partial charge in [0.15, 0.2) is 0 Å². The van der Waals surface area contributed by atoms with Gasteiger partial charge in [-0.05, 0) is 37.6 Å². The number of rotatable bonds is 8. The Morgan fingerprint density at radius 3 is 2.71 bits per heavy atom. The summed E-state index contributed by atoms with van der Waals surface area (Å²) >= 11 is 0. The first-order valence-electron chi connectivity index (χ1n) is 5.61. The predicted octanol–water partition coefficient (Wildman–Crippen LogP) is 2.02. The van der Waals surface area contributed by atoms with Crippen LogP contribution in [0.25, 0.3) is 0 Å². The third kappa shape index (κ3) is 4.09. The van der Waals surface area contributed by atoms with E-state index >= 15 is 0 Å². The van der Waals surface area contributed by atoms with E-state index in [1.165, 1.54) is 25.7 Å². The van der Waals surface area contributed by atoms with Gasteiger partial charge >= 0.3 is 5.97 Å². The van der Waals surface area contributed by atoms with E-state index in [0.29, 0.717) is 5.41 Å². The van der Waals surface area contributed by atoms with Crippen LogP contribution in [0.4, 0.5) is 0 Å². The molecular formula is C11H21NO2. The van der Waals surface area contributed by atoms with E-state index in [0.717, 1.165) is 19.5 Å². The number of aliphatic carboxylic acids is 1. The van der Waals surface area contributed by atoms with Crippen LogP contribution in [0.5, 0.6) is 0 Å². The summed E-state index contributed by atoms with van der Waals surface area (Å²) < 4.78 is 0. The third-order valence-corrected chi connectivity index (χ3v) is 2.98. The van der Waals surface area contributed by atoms with Crippen molar-refractivity contribution >= 4 is 5.97 Å². The van der Waals surface area contributed by atoms with Gasteiger partial charge in [0.05, 0.1) is 0 Å². The zero-order chi connectivity index (χ0) is 10.4. The van der Waals surface area contributed by atoms with Crippen molar-refractivity contribution < 1.29 is 9.90 Å². The number of carboxylic acids is 1. The Hall–Kier alpha value is -0.570. The van der Waals surface area contributed by atoms with Gasteiger partial charge in [0.25, 0.3) is 0 Å². The third-order valence-electron chi connectivity index (χ3n) is 2.98. The molecule has 0 unspecified atom stereocenters. The Morgan fingerprint density at radius 2 is 2.21 bits per heavy atom. The zero-order valence-corrected chi connectivity index (χ0v) is 9.01. The Bertz CT molecular complexity index is 188. The summed E-state index contributed by atoms with van der Waals surface area (Å²) in [5, 5.41) is 11.8. The lowest BCUT2D eigenvalue weighted by atomic mass is 10.0. The molecule has 1 fully saturated rings. The fraction of sp³-hybridized carbons (Fsp3) is 0.909. The molecular weight excluding hydrogens is 178 g/mol. The van der Waals surface area contributed by atoms with Gasteiger partial charge in [0, 0.05) is 13.0 Å². The second-order valence-corrected chi connectivity index (χ2v) is 4.42. The van der Waals surface area contributed by atoms with Crippen molar-refractivity contribution in [1.29, 1.82) is 0 Å². The summed E-state index contributed by atoms with van der Waals surface area (Å²) in [5.74, 6) is -0.693. The summed E-state index contributed by atoms with van der Waals surface area (Å²) in [4.78, 5) is 10.2. The molecule has 0 aromatic heterocycles. The largest absolute Gasteiger partial charge is 0.481 e. The second-order valence-electron chi connectivity index (χ2n) is 4.42. The first-order valence-corrected chi connectivity index (χ1v) is 5.61. The Labute approximate surface area is 85.9 Å². The molecule has 0 aromatic rings. The highest BCUT2D eigenvalue weighted by atomic mass is 16.4. The molecule has 1 aliphatic rings. The molecule has 0 aromatic carbocycles. The van der Waals surface area contributed by atoms with Crippen molar-refractivity contribution in [1.82, 2.24) is 5.32 Å². The monoisotopic (exact) mass is 199 g/mol. The highest BCUT2D eigenvalue weighted by molar-refractivity contribution is 5.66. The maximum Gasteiger partial charge on any atom is 0.303 e. The van der Waals surface area contributed by atoms with Crippen LogP contribution in [0.1, 0.15) is 45.4 Å². The van der Waals surface area contributed by atoms with Crippen LogP contribution in [-0.2, 0) is 4.79 Å². The molecule has 0 saturated heterocycles. The van der Waals surface area contributed by atoms with Crippen molar-refractivity contribution in [2.24, 2.45) is 5.41 Å². The van der Waals surface area contributed by atoms with Crippen molar-refractivity contribution in [3.63, 3.8) is 0 Å². The molecule has 1 saturated carbocycles. The zero-order valence-electron chi connectivity index (χ0n) is 9.01. The Kier molecular flexibility index (Phi) is 4.39. The van der Waals surface area contributed by atoms with Crippen LogP contribution in [0.15, 0.2) is 0 Å². The van der Waals surface area contributed by atoms with E-state index in [9.17, 15) is 4.79 Å². The van der Waals surface area contributed by atoms with Gasteiger partial charge < -0.3 is 10.4 Å². The predicted molar refractivity (Wildman–Crippen MR) is 56.3 cm³/mol. The summed E-state index contributed by atoms with van der Waals surface area (Å²) in [6.45, 7) is 4.16. The molecule has 0 radical (unpaired) electrons. The highest BCUT2D eigenvalue weighted by Crippen LogP contribution is 2.48. The summed E-state index contributed by atoms with van der Waals surface area (Å²) in [6.07, 6.45) is 6.32. The van der Waals surface area contributed by atoms with Gasteiger partial charge in [-0.25, -0.2) is 0 Å². The Morgan fingerprint density at radius 1 is 1.50 bits per heavy atom. The van der Waals surface area contributed by atoms with Crippen molar-refractivity contribution in [3.05, 3.63) is 0 Å². The molecule has 2 N–H and O–H groups in total. The quantitative estimate of drug-likeness (QED) is 0.588. The van der Waals surface area contributed by atoms with Crippen LogP contribution < -0.4 is 5.32 Å². The standard InChI is InChI=1S/C11H21NO2/c1-2-5-11(6-7-11)9-12-8-3-4-10(13)14/h12H,2-9H2,1H3,(H,13,14). The van der Waals surface area contributed by atoms with Gasteiger partial charge in [0.2, 0.25) is 0 Å². The lowest BCUT2D eigenvalue weighted by Crippen LogP contribution is -2.25. The van der Waals surface area contributed by atoms with E-state index in [1.54, 1.807) is 0 Å². The van der Waals surface area contributed by atoms with Crippen LogP contribution in [0.3, 0.4) is 0 Å². The average Bonchev–Trinajstić information content (AvgIpc) is 2.85. The minimum Gasteiger partial charge on any atom is -0.481 e. The molecule has 0 bridgehead atoms. The molecule has 0 heterocycles. The molecule has 0 atom stereocenters. The topological polar surface area (TPSA) is 49.3 Å². The lowest BCUT2D eigenvalue weighted by molar-refractivity contribution is -0.137. The van der Waals surface area contributed by atoms with E-state index in [-0.39, 0.29) is 6.42 Å². The minimum atomic E-state index is -0.693. The second kappa shape index (κ2) is 5.35. The van der Waals surface area contributed by atoms with E-state index < -0.39 is 5.97 Å². The fourth-order valence-corrected chi connectivity index (χ4v) is 1.94. The molecule has 3 heteroatoms. The van der Waals surface area contributed by atoms with Crippen LogP contribution >= 0.6 is 0 Å². The average molecular weight is 199 g/mol. The maximum atomic E-state index is 10.2. The van der Waals surface area contributed by atoms with Gasteiger partial charge in [-0.15, -0.1) is 0 Å². The normalized spacial score (nSPS) is 18.1. The van der Waals surface area contributed by atoms with Crippen molar-refractivity contribution in [2.45, 2.75) is 45.4 Å². The van der Waals surface area contributed by atoms with Gasteiger partial charge in [0.1, 0.15) is 0 Å². The molecule has 3 nitrogen and oxygen atoms in total. The van der Waals surface area contributed by atoms with E-state index in [1.807, 2.05) is 0 Å². The summed E-state index contributed by atoms with van der Waals surface area (Å²) in [6, 6.07) is 0. The Balaban J connectivity index is 1.96. The van der Waals surface area contributed by atoms with Crippen molar-refractivity contribution in [3.8, 4) is 0 Å². The first-order chi connectivity index (χ1) is 6.68. The lowest BCUT2D eigenvalue weighted by Gasteiger charge is -2.14. The van der Waals surface area contributed by atoms with Gasteiger partial charge in [-0.2, -0.15) is 0 Å². The molecule has 82 valence electrons. The first kappa shape index (κ1) is 11.5. The van der Waals surface area contributed by atoms with E-state index in [4.69, 9.17) is 5.11 Å². The van der Waals surface area contributed by atoms with Crippen LogP contribution in [-0.4, -0.2) is 24.2 Å². The minimum absolute atomic E-state index is 0.285. The van der Waals surface area contributed by atoms with Crippen LogP contribution in [0, 0.1) is 5.41 Å². The summed E-state index contributed by atoms with van der Waals surface area (Å²) in [5.41, 5.74) is 0.581. The molecule has 1 rings (SSSR count). The summed E-state index contributed by atoms with van der Waals surface area (Å²) in [7, 11) is 0. The maximum absolute atomic E-state index is 10.2. The van der Waals surface area contributed by atoms with E-state index in [2.05, 4.69) is 12.2 Å².